The Labute approximate surface area is 78.0 Å². The Balaban J connectivity index is 2.91. The van der Waals surface area contributed by atoms with E-state index in [0.29, 0.717) is 12.1 Å². The van der Waals surface area contributed by atoms with Gasteiger partial charge < -0.3 is 5.11 Å². The summed E-state index contributed by atoms with van der Waals surface area (Å²) in [4.78, 5) is 10.1. The van der Waals surface area contributed by atoms with Gasteiger partial charge in [-0.3, -0.25) is 4.79 Å². The van der Waals surface area contributed by atoms with E-state index >= 15 is 0 Å². The van der Waals surface area contributed by atoms with Gasteiger partial charge in [-0.05, 0) is 6.42 Å². The van der Waals surface area contributed by atoms with Gasteiger partial charge in [0, 0.05) is 24.1 Å². The van der Waals surface area contributed by atoms with E-state index in [-0.39, 0.29) is 12.8 Å². The van der Waals surface area contributed by atoms with E-state index in [1.165, 1.54) is 0 Å². The second-order valence-electron chi connectivity index (χ2n) is 2.74. The molecule has 0 amide bonds. The predicted molar refractivity (Wildman–Crippen MR) is 42.3 cm³/mol. The predicted octanol–water partition coefficient (Wildman–Crippen LogP) is 2.12. The van der Waals surface area contributed by atoms with Crippen LogP contribution in [0.5, 0.6) is 0 Å². The Morgan fingerprint density at radius 1 is 1.21 bits per heavy atom. The molecule has 0 unspecified atom stereocenters. The molecule has 0 aromatic heterocycles. The zero-order chi connectivity index (χ0) is 10.7. The van der Waals surface area contributed by atoms with Crippen molar-refractivity contribution in [2.24, 2.45) is 0 Å². The lowest BCUT2D eigenvalue weighted by Gasteiger charge is -2.02. The topological polar surface area (TPSA) is 37.3 Å². The summed E-state index contributed by atoms with van der Waals surface area (Å²) in [6.07, 6.45) is -0.674. The minimum atomic E-state index is -1.16. The summed E-state index contributed by atoms with van der Waals surface area (Å²) in [5.74, 6) is -4.28. The first-order chi connectivity index (χ1) is 6.50. The highest BCUT2D eigenvalue weighted by Crippen LogP contribution is 2.16. The van der Waals surface area contributed by atoms with Gasteiger partial charge in [-0.1, -0.05) is 0 Å². The lowest BCUT2D eigenvalue weighted by molar-refractivity contribution is -0.136. The molecule has 1 aromatic rings. The van der Waals surface area contributed by atoms with E-state index in [1.54, 1.807) is 0 Å². The van der Waals surface area contributed by atoms with Crippen molar-refractivity contribution in [3.05, 3.63) is 35.1 Å². The van der Waals surface area contributed by atoms with E-state index in [4.69, 9.17) is 5.11 Å². The summed E-state index contributed by atoms with van der Waals surface area (Å²) in [7, 11) is 0. The van der Waals surface area contributed by atoms with Crippen molar-refractivity contribution in [2.45, 2.75) is 12.8 Å². The van der Waals surface area contributed by atoms with Crippen molar-refractivity contribution >= 4 is 5.97 Å². The molecule has 0 aliphatic carbocycles. The molecule has 76 valence electrons. The summed E-state index contributed by atoms with van der Waals surface area (Å²) >= 11 is 0. The lowest BCUT2D eigenvalue weighted by atomic mass is 10.1. The molecule has 0 radical (unpaired) electrons. The van der Waals surface area contributed by atoms with Crippen LogP contribution in [0, 0.1) is 17.5 Å². The van der Waals surface area contributed by atoms with Gasteiger partial charge in [0.25, 0.3) is 0 Å². The molecular formula is C9H7F3O2. The Morgan fingerprint density at radius 3 is 2.14 bits per heavy atom. The molecule has 0 atom stereocenters. The number of benzene rings is 1. The minimum Gasteiger partial charge on any atom is -0.481 e. The summed E-state index contributed by atoms with van der Waals surface area (Å²) in [5.41, 5.74) is -0.395. The third-order valence-electron chi connectivity index (χ3n) is 1.69. The van der Waals surface area contributed by atoms with Gasteiger partial charge in [0.1, 0.15) is 17.5 Å². The number of hydrogen-bond donors (Lipinski definition) is 1. The van der Waals surface area contributed by atoms with Gasteiger partial charge in [0.15, 0.2) is 0 Å². The number of carboxylic acid groups (broad SMARTS) is 1. The molecule has 0 fully saturated rings. The molecule has 1 N–H and O–H groups in total. The first-order valence-electron chi connectivity index (χ1n) is 3.86. The molecule has 2 nitrogen and oxygen atoms in total. The van der Waals surface area contributed by atoms with Gasteiger partial charge in [-0.25, -0.2) is 13.2 Å². The molecule has 0 heterocycles. The summed E-state index contributed by atoms with van der Waals surface area (Å²) in [5, 5.41) is 8.29. The van der Waals surface area contributed by atoms with Gasteiger partial charge in [-0.2, -0.15) is 0 Å². The molecule has 1 aromatic carbocycles. The van der Waals surface area contributed by atoms with E-state index in [1.807, 2.05) is 0 Å². The average molecular weight is 204 g/mol. The maximum absolute atomic E-state index is 12.9. The van der Waals surface area contributed by atoms with Crippen LogP contribution >= 0.6 is 0 Å². The molecular weight excluding hydrogens is 197 g/mol. The normalized spacial score (nSPS) is 10.2. The highest BCUT2D eigenvalue weighted by atomic mass is 19.1. The molecule has 5 heteroatoms. The van der Waals surface area contributed by atoms with Gasteiger partial charge in [0.05, 0.1) is 0 Å². The number of aliphatic carboxylic acids is 1. The standard InChI is InChI=1S/C9H7F3O2/c10-5-3-7(11)6(8(12)4-5)1-2-9(13)14/h3-4H,1-2H2,(H,13,14). The van der Waals surface area contributed by atoms with Gasteiger partial charge >= 0.3 is 5.97 Å². The fourth-order valence-corrected chi connectivity index (χ4v) is 1.04. The van der Waals surface area contributed by atoms with E-state index < -0.39 is 29.0 Å². The van der Waals surface area contributed by atoms with Crippen molar-refractivity contribution in [1.29, 1.82) is 0 Å². The molecule has 1 rings (SSSR count). The monoisotopic (exact) mass is 204 g/mol. The van der Waals surface area contributed by atoms with Crippen molar-refractivity contribution in [2.75, 3.05) is 0 Å². The van der Waals surface area contributed by atoms with Crippen LogP contribution in [-0.2, 0) is 11.2 Å². The Morgan fingerprint density at radius 2 is 1.71 bits per heavy atom. The Bertz CT molecular complexity index is 340. The highest BCUT2D eigenvalue weighted by Gasteiger charge is 2.12. The summed E-state index contributed by atoms with van der Waals surface area (Å²) in [6.45, 7) is 0. The summed E-state index contributed by atoms with van der Waals surface area (Å²) in [6, 6.07) is 1.06. The van der Waals surface area contributed by atoms with Crippen LogP contribution < -0.4 is 0 Å². The number of rotatable bonds is 3. The van der Waals surface area contributed by atoms with Crippen molar-refractivity contribution in [3.63, 3.8) is 0 Å². The second kappa shape index (κ2) is 4.13. The number of hydrogen-bond acceptors (Lipinski definition) is 1. The molecule has 0 spiro atoms. The van der Waals surface area contributed by atoms with Crippen LogP contribution in [0.1, 0.15) is 12.0 Å². The maximum atomic E-state index is 12.9. The third-order valence-corrected chi connectivity index (χ3v) is 1.69. The third kappa shape index (κ3) is 2.48. The van der Waals surface area contributed by atoms with Crippen LogP contribution in [0.4, 0.5) is 13.2 Å². The van der Waals surface area contributed by atoms with Crippen LogP contribution in [0.25, 0.3) is 0 Å². The average Bonchev–Trinajstić information content (AvgIpc) is 2.01. The number of halogens is 3. The van der Waals surface area contributed by atoms with Crippen molar-refractivity contribution < 1.29 is 23.1 Å². The molecule has 0 saturated heterocycles. The summed E-state index contributed by atoms with van der Waals surface area (Å²) < 4.78 is 38.2. The number of carbonyl (C=O) groups is 1. The largest absolute Gasteiger partial charge is 0.481 e. The molecule has 0 saturated carbocycles. The maximum Gasteiger partial charge on any atom is 0.303 e. The van der Waals surface area contributed by atoms with Gasteiger partial charge in [0.2, 0.25) is 0 Å². The van der Waals surface area contributed by atoms with E-state index in [2.05, 4.69) is 0 Å². The smallest absolute Gasteiger partial charge is 0.303 e. The van der Waals surface area contributed by atoms with E-state index in [0.717, 1.165) is 0 Å². The fraction of sp³-hybridized carbons (Fsp3) is 0.222. The second-order valence-corrected chi connectivity index (χ2v) is 2.74. The van der Waals surface area contributed by atoms with Crippen LogP contribution in [0.3, 0.4) is 0 Å². The quantitative estimate of drug-likeness (QED) is 0.818. The fourth-order valence-electron chi connectivity index (χ4n) is 1.04. The van der Waals surface area contributed by atoms with Crippen LogP contribution in [-0.4, -0.2) is 11.1 Å². The number of carboxylic acids is 1. The zero-order valence-corrected chi connectivity index (χ0v) is 7.06. The minimum absolute atomic E-state index is 0.284. The van der Waals surface area contributed by atoms with Gasteiger partial charge in [-0.15, -0.1) is 0 Å². The SMILES string of the molecule is O=C(O)CCc1c(F)cc(F)cc1F. The van der Waals surface area contributed by atoms with Crippen LogP contribution in [0.15, 0.2) is 12.1 Å². The van der Waals surface area contributed by atoms with E-state index in [9.17, 15) is 18.0 Å². The van der Waals surface area contributed by atoms with Crippen molar-refractivity contribution in [1.82, 2.24) is 0 Å². The zero-order valence-electron chi connectivity index (χ0n) is 7.06. The van der Waals surface area contributed by atoms with Crippen molar-refractivity contribution in [3.8, 4) is 0 Å². The first kappa shape index (κ1) is 10.6. The molecule has 0 aliphatic heterocycles. The highest BCUT2D eigenvalue weighted by molar-refractivity contribution is 5.67. The van der Waals surface area contributed by atoms with Crippen LogP contribution in [0.2, 0.25) is 0 Å². The molecule has 0 bridgehead atoms. The molecule has 0 aliphatic rings. The Hall–Kier alpha value is -1.52. The Kier molecular flexibility index (Phi) is 3.11. The molecule has 14 heavy (non-hydrogen) atoms. The lowest BCUT2D eigenvalue weighted by Crippen LogP contribution is -2.02. The first-order valence-corrected chi connectivity index (χ1v) is 3.86.